The number of carbonyl (C=O) groups is 3. The van der Waals surface area contributed by atoms with Gasteiger partial charge in [-0.15, -0.1) is 0 Å². The maximum atomic E-state index is 13.5. The fourth-order valence-electron chi connectivity index (χ4n) is 4.61. The van der Waals surface area contributed by atoms with E-state index in [4.69, 9.17) is 9.47 Å². The van der Waals surface area contributed by atoms with Gasteiger partial charge in [-0.2, -0.15) is 0 Å². The number of Topliss-reactive ketones (excluding diaryl/α,β-unsaturated/α-hetero) is 1. The fraction of sp³-hybridized carbons (Fsp3) is 0.226. The maximum Gasteiger partial charge on any atom is 0.337 e. The number of ether oxygens (including phenoxy) is 2. The molecule has 1 fully saturated rings. The molecule has 1 N–H and O–H groups in total. The first-order chi connectivity index (χ1) is 19.3. The average Bonchev–Trinajstić information content (AvgIpc) is 3.50. The summed E-state index contributed by atoms with van der Waals surface area (Å²) in [5, 5.41) is 11.8. The van der Waals surface area contributed by atoms with Gasteiger partial charge in [0.1, 0.15) is 11.5 Å². The third kappa shape index (κ3) is 5.08. The monoisotopic (exact) mass is 556 g/mol. The zero-order chi connectivity index (χ0) is 28.4. The third-order valence-electron chi connectivity index (χ3n) is 6.70. The van der Waals surface area contributed by atoms with Crippen LogP contribution in [0.4, 0.5) is 5.13 Å². The number of hydrogen-bond donors (Lipinski definition) is 1. The number of amides is 1. The number of thiazole rings is 1. The van der Waals surface area contributed by atoms with Crippen molar-refractivity contribution in [1.82, 2.24) is 4.98 Å². The quantitative estimate of drug-likeness (QED) is 0.0906. The van der Waals surface area contributed by atoms with Crippen LogP contribution in [0.2, 0.25) is 0 Å². The van der Waals surface area contributed by atoms with Crippen LogP contribution < -0.4 is 9.64 Å². The summed E-state index contributed by atoms with van der Waals surface area (Å²) < 4.78 is 11.5. The predicted octanol–water partition coefficient (Wildman–Crippen LogP) is 6.20. The Morgan fingerprint density at radius 2 is 1.82 bits per heavy atom. The number of ketones is 1. The lowest BCUT2D eigenvalue weighted by atomic mass is 9.94. The molecule has 1 aliphatic rings. The van der Waals surface area contributed by atoms with Crippen LogP contribution >= 0.6 is 11.3 Å². The SMILES string of the molecule is CCCCOc1cccc(/C(O)=C2\C(=O)C(=O)N(c3nc4ccc(C)cc4s3)C2c2ccc(C(=O)OC)cc2)c1. The van der Waals surface area contributed by atoms with Crippen LogP contribution in [0, 0.1) is 6.92 Å². The number of methoxy groups -OCH3 is 1. The van der Waals surface area contributed by atoms with Gasteiger partial charge in [-0.3, -0.25) is 14.5 Å². The molecule has 1 amide bonds. The lowest BCUT2D eigenvalue weighted by molar-refractivity contribution is -0.132. The second kappa shape index (κ2) is 11.3. The minimum atomic E-state index is -0.974. The normalized spacial score (nSPS) is 16.5. The van der Waals surface area contributed by atoms with E-state index in [1.807, 2.05) is 25.1 Å². The first-order valence-corrected chi connectivity index (χ1v) is 13.7. The van der Waals surface area contributed by atoms with Crippen LogP contribution in [0.15, 0.2) is 72.3 Å². The molecule has 8 nitrogen and oxygen atoms in total. The smallest absolute Gasteiger partial charge is 0.337 e. The number of aromatic nitrogens is 1. The second-order valence-electron chi connectivity index (χ2n) is 9.48. The zero-order valence-corrected chi connectivity index (χ0v) is 23.2. The number of aliphatic hydroxyl groups is 1. The Hall–Kier alpha value is -4.50. The highest BCUT2D eigenvalue weighted by Gasteiger charge is 2.48. The summed E-state index contributed by atoms with van der Waals surface area (Å²) in [5.41, 5.74) is 2.86. The molecule has 0 bridgehead atoms. The van der Waals surface area contributed by atoms with E-state index in [-0.39, 0.29) is 11.3 Å². The van der Waals surface area contributed by atoms with Crippen LogP contribution in [0.5, 0.6) is 5.75 Å². The van der Waals surface area contributed by atoms with Gasteiger partial charge >= 0.3 is 11.9 Å². The lowest BCUT2D eigenvalue weighted by Gasteiger charge is -2.23. The number of benzene rings is 3. The first kappa shape index (κ1) is 27.1. The molecule has 5 rings (SSSR count). The second-order valence-corrected chi connectivity index (χ2v) is 10.5. The highest BCUT2D eigenvalue weighted by atomic mass is 32.1. The molecule has 1 unspecified atom stereocenters. The Morgan fingerprint density at radius 3 is 2.55 bits per heavy atom. The topological polar surface area (TPSA) is 106 Å². The molecular weight excluding hydrogens is 528 g/mol. The van der Waals surface area contributed by atoms with Crippen molar-refractivity contribution in [2.45, 2.75) is 32.7 Å². The molecule has 4 aromatic rings. The van der Waals surface area contributed by atoms with Crippen molar-refractivity contribution >= 4 is 50.1 Å². The van der Waals surface area contributed by atoms with Crippen LogP contribution in [0.1, 0.15) is 52.9 Å². The van der Waals surface area contributed by atoms with Gasteiger partial charge in [-0.05, 0) is 60.9 Å². The number of aliphatic hydroxyl groups excluding tert-OH is 1. The Balaban J connectivity index is 1.65. The van der Waals surface area contributed by atoms with E-state index in [1.54, 1.807) is 48.5 Å². The Kier molecular flexibility index (Phi) is 7.66. The minimum Gasteiger partial charge on any atom is -0.507 e. The third-order valence-corrected chi connectivity index (χ3v) is 7.72. The van der Waals surface area contributed by atoms with E-state index >= 15 is 0 Å². The molecule has 0 aliphatic carbocycles. The van der Waals surface area contributed by atoms with E-state index in [1.165, 1.54) is 23.3 Å². The summed E-state index contributed by atoms with van der Waals surface area (Å²) in [6.07, 6.45) is 1.85. The zero-order valence-electron chi connectivity index (χ0n) is 22.3. The Labute approximate surface area is 235 Å². The lowest BCUT2D eigenvalue weighted by Crippen LogP contribution is -2.29. The van der Waals surface area contributed by atoms with Crippen molar-refractivity contribution in [3.63, 3.8) is 0 Å². The van der Waals surface area contributed by atoms with Crippen molar-refractivity contribution in [3.05, 3.63) is 94.6 Å². The van der Waals surface area contributed by atoms with Gasteiger partial charge in [-0.25, -0.2) is 9.78 Å². The fourth-order valence-corrected chi connectivity index (χ4v) is 5.70. The average molecular weight is 557 g/mol. The van der Waals surface area contributed by atoms with Crippen LogP contribution in [0.25, 0.3) is 16.0 Å². The summed E-state index contributed by atoms with van der Waals surface area (Å²) in [7, 11) is 1.29. The summed E-state index contributed by atoms with van der Waals surface area (Å²) in [5.74, 6) is -1.91. The number of carbonyl (C=O) groups excluding carboxylic acids is 3. The molecule has 1 saturated heterocycles. The molecule has 1 aliphatic heterocycles. The van der Waals surface area contributed by atoms with Crippen molar-refractivity contribution in [1.29, 1.82) is 0 Å². The van der Waals surface area contributed by atoms with E-state index in [9.17, 15) is 19.5 Å². The number of unbranched alkanes of at least 4 members (excludes halogenated alkanes) is 1. The molecule has 0 saturated carbocycles. The molecule has 9 heteroatoms. The summed E-state index contributed by atoms with van der Waals surface area (Å²) in [4.78, 5) is 45.1. The number of esters is 1. The highest BCUT2D eigenvalue weighted by Crippen LogP contribution is 2.44. The summed E-state index contributed by atoms with van der Waals surface area (Å²) >= 11 is 1.29. The number of anilines is 1. The van der Waals surface area contributed by atoms with Crippen molar-refractivity contribution < 1.29 is 29.0 Å². The molecule has 2 heterocycles. The van der Waals surface area contributed by atoms with E-state index in [2.05, 4.69) is 11.9 Å². The molecular formula is C31H28N2O6S. The number of hydrogen-bond acceptors (Lipinski definition) is 8. The van der Waals surface area contributed by atoms with Crippen molar-refractivity contribution in [2.75, 3.05) is 18.6 Å². The van der Waals surface area contributed by atoms with Gasteiger partial charge in [0.2, 0.25) is 0 Å². The van der Waals surface area contributed by atoms with E-state index < -0.39 is 23.7 Å². The molecule has 204 valence electrons. The van der Waals surface area contributed by atoms with E-state index in [0.29, 0.717) is 39.7 Å². The number of fused-ring (bicyclic) bond motifs is 1. The van der Waals surface area contributed by atoms with Gasteiger partial charge in [0.05, 0.1) is 41.1 Å². The van der Waals surface area contributed by atoms with Crippen LogP contribution in [-0.2, 0) is 14.3 Å². The number of aryl methyl sites for hydroxylation is 1. The maximum absolute atomic E-state index is 13.5. The minimum absolute atomic E-state index is 0.0723. The number of nitrogens with zero attached hydrogens (tertiary/aromatic N) is 2. The Morgan fingerprint density at radius 1 is 1.05 bits per heavy atom. The van der Waals surface area contributed by atoms with Gasteiger partial charge in [0.15, 0.2) is 5.13 Å². The predicted molar refractivity (Wildman–Crippen MR) is 154 cm³/mol. The summed E-state index contributed by atoms with van der Waals surface area (Å²) in [6, 6.07) is 18.0. The molecule has 0 spiro atoms. The van der Waals surface area contributed by atoms with Gasteiger partial charge < -0.3 is 14.6 Å². The molecule has 1 atom stereocenters. The first-order valence-electron chi connectivity index (χ1n) is 12.9. The molecule has 40 heavy (non-hydrogen) atoms. The highest BCUT2D eigenvalue weighted by molar-refractivity contribution is 7.22. The van der Waals surface area contributed by atoms with Crippen LogP contribution in [0.3, 0.4) is 0 Å². The van der Waals surface area contributed by atoms with Crippen LogP contribution in [-0.4, -0.2) is 41.5 Å². The van der Waals surface area contributed by atoms with E-state index in [0.717, 1.165) is 23.1 Å². The molecule has 1 aromatic heterocycles. The molecule has 3 aromatic carbocycles. The van der Waals surface area contributed by atoms with Gasteiger partial charge in [0, 0.05) is 5.56 Å². The Bertz CT molecular complexity index is 1640. The van der Waals surface area contributed by atoms with Crippen molar-refractivity contribution in [2.24, 2.45) is 0 Å². The van der Waals surface area contributed by atoms with Gasteiger partial charge in [0.25, 0.3) is 5.78 Å². The van der Waals surface area contributed by atoms with Crippen molar-refractivity contribution in [3.8, 4) is 5.75 Å². The summed E-state index contributed by atoms with van der Waals surface area (Å²) in [6.45, 7) is 4.55. The largest absolute Gasteiger partial charge is 0.507 e. The van der Waals surface area contributed by atoms with Gasteiger partial charge in [-0.1, -0.05) is 55.0 Å². The molecule has 0 radical (unpaired) electrons. The number of rotatable bonds is 8. The standard InChI is InChI=1S/C31H28N2O6S/c1-4-5-15-39-22-8-6-7-21(17-22)27(34)25-26(19-10-12-20(13-11-19)30(37)38-3)33(29(36)28(25)35)31-32-23-14-9-18(2)16-24(23)40-31/h6-14,16-17,26,34H,4-5,15H2,1-3H3/b27-25+.